The fourth-order valence-corrected chi connectivity index (χ4v) is 4.76. The smallest absolute Gasteiger partial charge is 0.0900 e. The molecule has 21 heavy (non-hydrogen) atoms. The standard InChI is InChI=1S/C17H20N2S2/c1-4-18-15(17-11(2)19-12(3)21-17)9-13-10-20-16-8-6-5-7-14(13)16/h5-8,10,15,18H,4,9H2,1-3H3. The quantitative estimate of drug-likeness (QED) is 0.726. The predicted octanol–water partition coefficient (Wildman–Crippen LogP) is 4.87. The Labute approximate surface area is 133 Å². The Bertz CT molecular complexity index is 742. The van der Waals surface area contributed by atoms with Crippen LogP contribution in [0.1, 0.15) is 34.1 Å². The van der Waals surface area contributed by atoms with Gasteiger partial charge in [-0.25, -0.2) is 4.98 Å². The molecular weight excluding hydrogens is 296 g/mol. The normalized spacial score (nSPS) is 12.9. The Morgan fingerprint density at radius 1 is 1.24 bits per heavy atom. The van der Waals surface area contributed by atoms with Crippen molar-refractivity contribution in [3.8, 4) is 0 Å². The molecule has 0 spiro atoms. The van der Waals surface area contributed by atoms with E-state index in [1.54, 1.807) is 0 Å². The van der Waals surface area contributed by atoms with Crippen LogP contribution in [0, 0.1) is 13.8 Å². The van der Waals surface area contributed by atoms with Crippen molar-refractivity contribution in [2.75, 3.05) is 6.54 Å². The molecule has 1 atom stereocenters. The van der Waals surface area contributed by atoms with Gasteiger partial charge in [0.25, 0.3) is 0 Å². The number of aromatic nitrogens is 1. The molecule has 0 amide bonds. The topological polar surface area (TPSA) is 24.9 Å². The van der Waals surface area contributed by atoms with Gasteiger partial charge in [-0.1, -0.05) is 25.1 Å². The Morgan fingerprint density at radius 2 is 2.05 bits per heavy atom. The SMILES string of the molecule is CCNC(Cc1csc2ccccc12)c1sc(C)nc1C. The van der Waals surface area contributed by atoms with Crippen LogP contribution in [-0.2, 0) is 6.42 Å². The van der Waals surface area contributed by atoms with E-state index in [1.165, 1.54) is 26.2 Å². The summed E-state index contributed by atoms with van der Waals surface area (Å²) in [5.74, 6) is 0. The predicted molar refractivity (Wildman–Crippen MR) is 93.5 cm³/mol. The fraction of sp³-hybridized carbons (Fsp3) is 0.353. The van der Waals surface area contributed by atoms with E-state index in [0.717, 1.165) is 18.0 Å². The number of aryl methyl sites for hydroxylation is 2. The molecule has 2 nitrogen and oxygen atoms in total. The van der Waals surface area contributed by atoms with Gasteiger partial charge in [0.1, 0.15) is 0 Å². The first-order valence-electron chi connectivity index (χ1n) is 7.31. The van der Waals surface area contributed by atoms with Gasteiger partial charge in [0, 0.05) is 15.6 Å². The van der Waals surface area contributed by atoms with Gasteiger partial charge in [0.05, 0.1) is 10.7 Å². The van der Waals surface area contributed by atoms with E-state index in [-0.39, 0.29) is 0 Å². The number of hydrogen-bond acceptors (Lipinski definition) is 4. The lowest BCUT2D eigenvalue weighted by atomic mass is 10.0. The molecule has 4 heteroatoms. The van der Waals surface area contributed by atoms with Crippen molar-refractivity contribution in [2.45, 2.75) is 33.2 Å². The molecule has 0 bridgehead atoms. The van der Waals surface area contributed by atoms with E-state index in [2.05, 4.69) is 60.7 Å². The second kappa shape index (κ2) is 6.26. The molecule has 0 aliphatic heterocycles. The molecule has 3 aromatic rings. The van der Waals surface area contributed by atoms with Gasteiger partial charge in [-0.2, -0.15) is 0 Å². The number of thiophene rings is 1. The number of nitrogens with zero attached hydrogens (tertiary/aromatic N) is 1. The summed E-state index contributed by atoms with van der Waals surface area (Å²) in [6, 6.07) is 9.03. The van der Waals surface area contributed by atoms with E-state index in [0.29, 0.717) is 6.04 Å². The van der Waals surface area contributed by atoms with Gasteiger partial charge in [0.2, 0.25) is 0 Å². The summed E-state index contributed by atoms with van der Waals surface area (Å²) in [6.07, 6.45) is 1.03. The van der Waals surface area contributed by atoms with Crippen LogP contribution in [0.15, 0.2) is 29.6 Å². The molecule has 0 radical (unpaired) electrons. The number of likely N-dealkylation sites (N-methyl/N-ethyl adjacent to an activating group) is 1. The van der Waals surface area contributed by atoms with Crippen molar-refractivity contribution in [1.82, 2.24) is 10.3 Å². The molecule has 0 fully saturated rings. The zero-order chi connectivity index (χ0) is 14.8. The number of hydrogen-bond donors (Lipinski definition) is 1. The van der Waals surface area contributed by atoms with Crippen LogP contribution in [0.2, 0.25) is 0 Å². The average Bonchev–Trinajstić information content (AvgIpc) is 3.02. The molecule has 2 aromatic heterocycles. The van der Waals surface area contributed by atoms with Crippen LogP contribution in [0.25, 0.3) is 10.1 Å². The van der Waals surface area contributed by atoms with Gasteiger partial charge in [-0.3, -0.25) is 0 Å². The molecule has 0 aliphatic carbocycles. The van der Waals surface area contributed by atoms with E-state index in [1.807, 2.05) is 22.7 Å². The van der Waals surface area contributed by atoms with Gasteiger partial charge < -0.3 is 5.32 Å². The highest BCUT2D eigenvalue weighted by molar-refractivity contribution is 7.17. The minimum Gasteiger partial charge on any atom is -0.309 e. The lowest BCUT2D eigenvalue weighted by molar-refractivity contribution is 0.557. The van der Waals surface area contributed by atoms with Gasteiger partial charge in [0.15, 0.2) is 0 Å². The number of nitrogens with one attached hydrogen (secondary N) is 1. The molecule has 0 aliphatic rings. The van der Waals surface area contributed by atoms with Crippen LogP contribution >= 0.6 is 22.7 Å². The summed E-state index contributed by atoms with van der Waals surface area (Å²) in [5.41, 5.74) is 2.61. The zero-order valence-electron chi connectivity index (χ0n) is 12.6. The summed E-state index contributed by atoms with van der Waals surface area (Å²) in [7, 11) is 0. The summed E-state index contributed by atoms with van der Waals surface area (Å²) >= 11 is 3.66. The maximum atomic E-state index is 4.59. The van der Waals surface area contributed by atoms with Gasteiger partial charge >= 0.3 is 0 Å². The summed E-state index contributed by atoms with van der Waals surface area (Å²) in [6.45, 7) is 7.35. The minimum atomic E-state index is 0.360. The largest absolute Gasteiger partial charge is 0.309 e. The third kappa shape index (κ3) is 3.03. The first-order valence-corrected chi connectivity index (χ1v) is 9.01. The van der Waals surface area contributed by atoms with Gasteiger partial charge in [-0.05, 0) is 49.2 Å². The first kappa shape index (κ1) is 14.7. The Hall–Kier alpha value is -1.23. The molecule has 1 N–H and O–H groups in total. The van der Waals surface area contributed by atoms with Crippen LogP contribution in [0.3, 0.4) is 0 Å². The molecule has 3 rings (SSSR count). The monoisotopic (exact) mass is 316 g/mol. The van der Waals surface area contributed by atoms with E-state index in [4.69, 9.17) is 0 Å². The van der Waals surface area contributed by atoms with Crippen molar-refractivity contribution < 1.29 is 0 Å². The molecular formula is C17H20N2S2. The molecule has 110 valence electrons. The highest BCUT2D eigenvalue weighted by atomic mass is 32.1. The number of rotatable bonds is 5. The lowest BCUT2D eigenvalue weighted by Gasteiger charge is -2.17. The number of benzene rings is 1. The summed E-state index contributed by atoms with van der Waals surface area (Å²) in [4.78, 5) is 5.97. The van der Waals surface area contributed by atoms with E-state index < -0.39 is 0 Å². The maximum absolute atomic E-state index is 4.59. The van der Waals surface area contributed by atoms with Crippen LogP contribution in [-0.4, -0.2) is 11.5 Å². The molecule has 0 saturated heterocycles. The molecule has 0 saturated carbocycles. The molecule has 1 aromatic carbocycles. The Kier molecular flexibility index (Phi) is 4.38. The first-order chi connectivity index (χ1) is 10.2. The Morgan fingerprint density at radius 3 is 2.76 bits per heavy atom. The van der Waals surface area contributed by atoms with Crippen LogP contribution in [0.5, 0.6) is 0 Å². The second-order valence-corrected chi connectivity index (χ2v) is 7.40. The minimum absolute atomic E-state index is 0.360. The van der Waals surface area contributed by atoms with Crippen molar-refractivity contribution in [3.63, 3.8) is 0 Å². The van der Waals surface area contributed by atoms with Crippen LogP contribution in [0.4, 0.5) is 0 Å². The summed E-state index contributed by atoms with van der Waals surface area (Å²) in [5, 5.41) is 8.48. The van der Waals surface area contributed by atoms with Gasteiger partial charge in [-0.15, -0.1) is 22.7 Å². The molecule has 2 heterocycles. The third-order valence-electron chi connectivity index (χ3n) is 3.69. The average molecular weight is 316 g/mol. The van der Waals surface area contributed by atoms with Crippen molar-refractivity contribution >= 4 is 32.8 Å². The number of fused-ring (bicyclic) bond motifs is 1. The maximum Gasteiger partial charge on any atom is 0.0900 e. The number of thiazole rings is 1. The lowest BCUT2D eigenvalue weighted by Crippen LogP contribution is -2.22. The highest BCUT2D eigenvalue weighted by Crippen LogP contribution is 2.32. The third-order valence-corrected chi connectivity index (χ3v) is 5.89. The zero-order valence-corrected chi connectivity index (χ0v) is 14.3. The Balaban J connectivity index is 1.93. The van der Waals surface area contributed by atoms with Crippen molar-refractivity contribution in [2.24, 2.45) is 0 Å². The van der Waals surface area contributed by atoms with Crippen molar-refractivity contribution in [1.29, 1.82) is 0 Å². The van der Waals surface area contributed by atoms with E-state index in [9.17, 15) is 0 Å². The van der Waals surface area contributed by atoms with Crippen molar-refractivity contribution in [3.05, 3.63) is 50.8 Å². The summed E-state index contributed by atoms with van der Waals surface area (Å²) < 4.78 is 1.37. The second-order valence-electron chi connectivity index (χ2n) is 5.25. The highest BCUT2D eigenvalue weighted by Gasteiger charge is 2.18. The van der Waals surface area contributed by atoms with Crippen LogP contribution < -0.4 is 5.32 Å². The van der Waals surface area contributed by atoms with E-state index >= 15 is 0 Å². The fourth-order valence-electron chi connectivity index (χ4n) is 2.79. The molecule has 1 unspecified atom stereocenters.